The molecule has 5 heteroatoms. The predicted molar refractivity (Wildman–Crippen MR) is 79.4 cm³/mol. The monoisotopic (exact) mass is 270 g/mol. The van der Waals surface area contributed by atoms with E-state index in [9.17, 15) is 4.79 Å². The van der Waals surface area contributed by atoms with Crippen LogP contribution in [0.4, 0.5) is 0 Å². The molecule has 1 amide bonds. The van der Waals surface area contributed by atoms with Gasteiger partial charge in [-0.25, -0.2) is 0 Å². The molecular formula is C14H30N4O. The summed E-state index contributed by atoms with van der Waals surface area (Å²) in [5, 5.41) is 3.27. The molecule has 0 aromatic heterocycles. The molecule has 0 saturated carbocycles. The van der Waals surface area contributed by atoms with E-state index in [1.54, 1.807) is 0 Å². The lowest BCUT2D eigenvalue weighted by Crippen LogP contribution is -2.49. The summed E-state index contributed by atoms with van der Waals surface area (Å²) in [5.41, 5.74) is 0. The third kappa shape index (κ3) is 6.36. The van der Waals surface area contributed by atoms with Crippen LogP contribution in [0.25, 0.3) is 0 Å². The maximum Gasteiger partial charge on any atom is 0.236 e. The molecule has 1 saturated heterocycles. The molecular weight excluding hydrogens is 240 g/mol. The van der Waals surface area contributed by atoms with Gasteiger partial charge in [0.15, 0.2) is 0 Å². The third-order valence-electron chi connectivity index (χ3n) is 3.85. The summed E-state index contributed by atoms with van der Waals surface area (Å²) in [5.74, 6) is 0.246. The lowest BCUT2D eigenvalue weighted by atomic mass is 10.3. The summed E-state index contributed by atoms with van der Waals surface area (Å²) in [7, 11) is 2.10. The molecule has 112 valence electrons. The van der Waals surface area contributed by atoms with Crippen LogP contribution in [-0.4, -0.2) is 86.6 Å². The van der Waals surface area contributed by atoms with E-state index in [2.05, 4.69) is 36.0 Å². The Bertz CT molecular complexity index is 248. The Morgan fingerprint density at radius 3 is 2.37 bits per heavy atom. The van der Waals surface area contributed by atoms with Gasteiger partial charge in [-0.1, -0.05) is 13.8 Å². The number of amides is 1. The second-order valence-electron chi connectivity index (χ2n) is 5.24. The molecule has 0 aromatic carbocycles. The van der Waals surface area contributed by atoms with Gasteiger partial charge in [-0.05, 0) is 39.6 Å². The van der Waals surface area contributed by atoms with E-state index in [0.29, 0.717) is 6.54 Å². The van der Waals surface area contributed by atoms with Gasteiger partial charge >= 0.3 is 0 Å². The van der Waals surface area contributed by atoms with Crippen molar-refractivity contribution < 1.29 is 4.79 Å². The minimum atomic E-state index is 0.246. The summed E-state index contributed by atoms with van der Waals surface area (Å²) < 4.78 is 0. The fourth-order valence-electron chi connectivity index (χ4n) is 2.33. The van der Waals surface area contributed by atoms with Crippen LogP contribution in [0.1, 0.15) is 20.3 Å². The highest BCUT2D eigenvalue weighted by Crippen LogP contribution is 1.99. The quantitative estimate of drug-likeness (QED) is 0.634. The number of nitrogens with zero attached hydrogens (tertiary/aromatic N) is 3. The number of nitrogens with one attached hydrogen (secondary N) is 1. The Kier molecular flexibility index (Phi) is 8.02. The molecule has 1 N–H and O–H groups in total. The number of carbonyl (C=O) groups excluding carboxylic acids is 1. The van der Waals surface area contributed by atoms with Crippen molar-refractivity contribution in [3.63, 3.8) is 0 Å². The zero-order chi connectivity index (χ0) is 14.1. The van der Waals surface area contributed by atoms with Crippen LogP contribution >= 0.6 is 0 Å². The van der Waals surface area contributed by atoms with E-state index in [1.165, 1.54) is 0 Å². The number of rotatable bonds is 8. The molecule has 0 bridgehead atoms. The average molecular weight is 270 g/mol. The molecule has 1 heterocycles. The van der Waals surface area contributed by atoms with E-state index < -0.39 is 0 Å². The van der Waals surface area contributed by atoms with Gasteiger partial charge in [0.1, 0.15) is 0 Å². The van der Waals surface area contributed by atoms with Crippen LogP contribution in [-0.2, 0) is 4.79 Å². The van der Waals surface area contributed by atoms with Crippen molar-refractivity contribution in [2.45, 2.75) is 20.3 Å². The predicted octanol–water partition coefficient (Wildman–Crippen LogP) is 0.0819. The smallest absolute Gasteiger partial charge is 0.236 e. The van der Waals surface area contributed by atoms with Gasteiger partial charge in [0.25, 0.3) is 0 Å². The van der Waals surface area contributed by atoms with Gasteiger partial charge < -0.3 is 20.0 Å². The maximum absolute atomic E-state index is 11.9. The van der Waals surface area contributed by atoms with E-state index in [0.717, 1.165) is 58.8 Å². The number of hydrogen-bond donors (Lipinski definition) is 1. The first kappa shape index (κ1) is 16.4. The number of piperazine rings is 1. The number of likely N-dealkylation sites (N-methyl/N-ethyl adjacent to an activating group) is 1. The van der Waals surface area contributed by atoms with Gasteiger partial charge in [-0.3, -0.25) is 4.79 Å². The van der Waals surface area contributed by atoms with Crippen molar-refractivity contribution in [3.8, 4) is 0 Å². The Morgan fingerprint density at radius 1 is 1.16 bits per heavy atom. The zero-order valence-electron chi connectivity index (χ0n) is 12.8. The molecule has 5 nitrogen and oxygen atoms in total. The normalized spacial score (nSPS) is 17.2. The van der Waals surface area contributed by atoms with Crippen molar-refractivity contribution in [2.75, 3.05) is 66.0 Å². The van der Waals surface area contributed by atoms with Crippen LogP contribution in [0.3, 0.4) is 0 Å². The van der Waals surface area contributed by atoms with Crippen LogP contribution < -0.4 is 5.32 Å². The Balaban J connectivity index is 2.04. The first-order valence-electron chi connectivity index (χ1n) is 7.56. The molecule has 19 heavy (non-hydrogen) atoms. The summed E-state index contributed by atoms with van der Waals surface area (Å²) in [4.78, 5) is 18.6. The topological polar surface area (TPSA) is 38.8 Å². The molecule has 0 aliphatic carbocycles. The molecule has 0 radical (unpaired) electrons. The molecule has 0 atom stereocenters. The zero-order valence-corrected chi connectivity index (χ0v) is 12.8. The molecule has 1 fully saturated rings. The summed E-state index contributed by atoms with van der Waals surface area (Å²) >= 11 is 0. The fourth-order valence-corrected chi connectivity index (χ4v) is 2.33. The Labute approximate surface area is 117 Å². The van der Waals surface area contributed by atoms with Crippen LogP contribution in [0, 0.1) is 0 Å². The summed E-state index contributed by atoms with van der Waals surface area (Å²) in [6.07, 6.45) is 1.11. The van der Waals surface area contributed by atoms with Crippen LogP contribution in [0.5, 0.6) is 0 Å². The van der Waals surface area contributed by atoms with Crippen molar-refractivity contribution in [2.24, 2.45) is 0 Å². The SMILES string of the molecule is CCN(CC)CCCNCC(=O)N1CCN(C)CC1. The fraction of sp³-hybridized carbons (Fsp3) is 0.929. The molecule has 1 aliphatic rings. The van der Waals surface area contributed by atoms with Gasteiger partial charge in [0.2, 0.25) is 5.91 Å². The average Bonchev–Trinajstić information content (AvgIpc) is 2.43. The molecule has 0 spiro atoms. The second kappa shape index (κ2) is 9.28. The largest absolute Gasteiger partial charge is 0.339 e. The minimum Gasteiger partial charge on any atom is -0.339 e. The van der Waals surface area contributed by atoms with Gasteiger partial charge in [0.05, 0.1) is 6.54 Å². The van der Waals surface area contributed by atoms with E-state index in [1.807, 2.05) is 4.90 Å². The van der Waals surface area contributed by atoms with Crippen molar-refractivity contribution in [1.29, 1.82) is 0 Å². The summed E-state index contributed by atoms with van der Waals surface area (Å²) in [6.45, 7) is 12.9. The standard InChI is InChI=1S/C14H30N4O/c1-4-17(5-2)8-6-7-15-13-14(19)18-11-9-16(3)10-12-18/h15H,4-13H2,1-3H3. The molecule has 1 aliphatic heterocycles. The molecule has 1 rings (SSSR count). The van der Waals surface area contributed by atoms with E-state index in [-0.39, 0.29) is 5.91 Å². The lowest BCUT2D eigenvalue weighted by Gasteiger charge is -2.32. The number of hydrogen-bond acceptors (Lipinski definition) is 4. The first-order valence-corrected chi connectivity index (χ1v) is 7.56. The second-order valence-corrected chi connectivity index (χ2v) is 5.24. The Hall–Kier alpha value is -0.650. The van der Waals surface area contributed by atoms with Crippen LogP contribution in [0.2, 0.25) is 0 Å². The Morgan fingerprint density at radius 2 is 1.79 bits per heavy atom. The molecule has 0 aromatic rings. The van der Waals surface area contributed by atoms with E-state index in [4.69, 9.17) is 0 Å². The third-order valence-corrected chi connectivity index (χ3v) is 3.85. The van der Waals surface area contributed by atoms with Gasteiger partial charge in [0, 0.05) is 26.2 Å². The van der Waals surface area contributed by atoms with Crippen molar-refractivity contribution >= 4 is 5.91 Å². The van der Waals surface area contributed by atoms with E-state index >= 15 is 0 Å². The van der Waals surface area contributed by atoms with Gasteiger partial charge in [-0.15, -0.1) is 0 Å². The number of carbonyl (C=O) groups is 1. The first-order chi connectivity index (χ1) is 9.17. The lowest BCUT2D eigenvalue weighted by molar-refractivity contribution is -0.131. The summed E-state index contributed by atoms with van der Waals surface area (Å²) in [6, 6.07) is 0. The van der Waals surface area contributed by atoms with Crippen LogP contribution in [0.15, 0.2) is 0 Å². The molecule has 0 unspecified atom stereocenters. The van der Waals surface area contributed by atoms with Crippen molar-refractivity contribution in [3.05, 3.63) is 0 Å². The highest BCUT2D eigenvalue weighted by Gasteiger charge is 2.18. The highest BCUT2D eigenvalue weighted by atomic mass is 16.2. The minimum absolute atomic E-state index is 0.246. The van der Waals surface area contributed by atoms with Crippen molar-refractivity contribution in [1.82, 2.24) is 20.0 Å². The van der Waals surface area contributed by atoms with Gasteiger partial charge in [-0.2, -0.15) is 0 Å². The maximum atomic E-state index is 11.9. The highest BCUT2D eigenvalue weighted by molar-refractivity contribution is 5.78.